The van der Waals surface area contributed by atoms with Gasteiger partial charge in [-0.25, -0.2) is 8.42 Å². The number of hydrogen-bond donors (Lipinski definition) is 1. The Bertz CT molecular complexity index is 595. The number of carboxylic acid groups (broad SMARTS) is 1. The van der Waals surface area contributed by atoms with Gasteiger partial charge in [-0.2, -0.15) is 4.31 Å². The predicted octanol–water partition coefficient (Wildman–Crippen LogP) is 2.27. The van der Waals surface area contributed by atoms with Gasteiger partial charge in [-0.3, -0.25) is 4.79 Å². The zero-order chi connectivity index (χ0) is 15.5. The monoisotopic (exact) mass is 311 g/mol. The van der Waals surface area contributed by atoms with Crippen molar-refractivity contribution < 1.29 is 18.3 Å². The molecule has 2 rings (SSSR count). The van der Waals surface area contributed by atoms with Crippen molar-refractivity contribution in [2.45, 2.75) is 50.0 Å². The molecule has 0 saturated carbocycles. The van der Waals surface area contributed by atoms with Crippen LogP contribution in [0.4, 0.5) is 0 Å². The van der Waals surface area contributed by atoms with E-state index in [1.807, 2.05) is 6.92 Å². The quantitative estimate of drug-likeness (QED) is 0.905. The Hall–Kier alpha value is -1.40. The highest BCUT2D eigenvalue weighted by Crippen LogP contribution is 2.25. The second-order valence-electron chi connectivity index (χ2n) is 5.50. The number of aryl methyl sites for hydroxylation is 1. The SMILES string of the molecule is C[C@H]1CCCCN1S(=O)(=O)c1ccc(CCC(=O)O)cc1. The molecule has 1 fully saturated rings. The van der Waals surface area contributed by atoms with Gasteiger partial charge >= 0.3 is 5.97 Å². The molecule has 0 unspecified atom stereocenters. The standard InChI is InChI=1S/C15H21NO4S/c1-12-4-2-3-11-16(12)21(19,20)14-8-5-13(6-9-14)7-10-15(17)18/h5-6,8-9,12H,2-4,7,10-11H2,1H3,(H,17,18)/t12-/m0/s1. The summed E-state index contributed by atoms with van der Waals surface area (Å²) in [7, 11) is -3.44. The molecule has 0 aromatic heterocycles. The molecule has 6 heteroatoms. The van der Waals surface area contributed by atoms with Crippen LogP contribution in [-0.2, 0) is 21.2 Å². The van der Waals surface area contributed by atoms with Gasteiger partial charge in [0.05, 0.1) is 4.90 Å². The summed E-state index contributed by atoms with van der Waals surface area (Å²) < 4.78 is 26.8. The van der Waals surface area contributed by atoms with Crippen LogP contribution in [0.25, 0.3) is 0 Å². The number of carbonyl (C=O) groups is 1. The summed E-state index contributed by atoms with van der Waals surface area (Å²) in [5, 5.41) is 8.66. The third kappa shape index (κ3) is 3.83. The van der Waals surface area contributed by atoms with E-state index in [0.717, 1.165) is 24.8 Å². The van der Waals surface area contributed by atoms with Gasteiger partial charge < -0.3 is 5.11 Å². The lowest BCUT2D eigenvalue weighted by Gasteiger charge is -2.32. The number of nitrogens with zero attached hydrogens (tertiary/aromatic N) is 1. The molecular formula is C15H21NO4S. The van der Waals surface area contributed by atoms with Crippen LogP contribution in [0.1, 0.15) is 38.2 Å². The van der Waals surface area contributed by atoms with E-state index in [1.165, 1.54) is 0 Å². The molecule has 0 radical (unpaired) electrons. The van der Waals surface area contributed by atoms with Gasteiger partial charge in [-0.05, 0) is 43.9 Å². The van der Waals surface area contributed by atoms with E-state index in [0.29, 0.717) is 13.0 Å². The van der Waals surface area contributed by atoms with Crippen LogP contribution >= 0.6 is 0 Å². The molecule has 1 aromatic rings. The first kappa shape index (κ1) is 16.0. The number of carboxylic acids is 1. The van der Waals surface area contributed by atoms with Crippen LogP contribution < -0.4 is 0 Å². The average Bonchev–Trinajstić information content (AvgIpc) is 2.46. The van der Waals surface area contributed by atoms with Gasteiger partial charge in [0.1, 0.15) is 0 Å². The van der Waals surface area contributed by atoms with Crippen molar-refractivity contribution in [3.63, 3.8) is 0 Å². The van der Waals surface area contributed by atoms with E-state index in [-0.39, 0.29) is 17.4 Å². The van der Waals surface area contributed by atoms with Crippen LogP contribution in [0.3, 0.4) is 0 Å². The average molecular weight is 311 g/mol. The molecule has 1 aromatic carbocycles. The van der Waals surface area contributed by atoms with Crippen molar-refractivity contribution in [3.05, 3.63) is 29.8 Å². The van der Waals surface area contributed by atoms with Crippen LogP contribution in [0.5, 0.6) is 0 Å². The first-order valence-corrected chi connectivity index (χ1v) is 8.68. The fourth-order valence-corrected chi connectivity index (χ4v) is 4.34. The first-order chi connectivity index (χ1) is 9.91. The Morgan fingerprint density at radius 2 is 1.95 bits per heavy atom. The second-order valence-corrected chi connectivity index (χ2v) is 7.39. The van der Waals surface area contributed by atoms with Gasteiger partial charge in [0, 0.05) is 19.0 Å². The Kier molecular flexibility index (Phi) is 5.00. The molecule has 1 aliphatic rings. The van der Waals surface area contributed by atoms with E-state index < -0.39 is 16.0 Å². The minimum absolute atomic E-state index is 0.0374. The molecule has 1 saturated heterocycles. The molecule has 21 heavy (non-hydrogen) atoms. The van der Waals surface area contributed by atoms with Gasteiger partial charge in [0.15, 0.2) is 0 Å². The molecule has 0 aliphatic carbocycles. The van der Waals surface area contributed by atoms with Crippen LogP contribution in [0, 0.1) is 0 Å². The maximum Gasteiger partial charge on any atom is 0.303 e. The summed E-state index contributed by atoms with van der Waals surface area (Å²) in [6.07, 6.45) is 3.34. The highest BCUT2D eigenvalue weighted by atomic mass is 32.2. The normalized spacial score (nSPS) is 20.3. The van der Waals surface area contributed by atoms with Crippen molar-refractivity contribution in [1.82, 2.24) is 4.31 Å². The molecule has 0 spiro atoms. The predicted molar refractivity (Wildman–Crippen MR) is 79.6 cm³/mol. The molecule has 0 bridgehead atoms. The van der Waals surface area contributed by atoms with E-state index in [1.54, 1.807) is 28.6 Å². The summed E-state index contributed by atoms with van der Waals surface area (Å²) in [6.45, 7) is 2.52. The lowest BCUT2D eigenvalue weighted by atomic mass is 10.1. The molecular weight excluding hydrogens is 290 g/mol. The number of hydrogen-bond acceptors (Lipinski definition) is 3. The molecule has 5 nitrogen and oxygen atoms in total. The number of aliphatic carboxylic acids is 1. The zero-order valence-corrected chi connectivity index (χ0v) is 13.0. The Labute approximate surface area is 125 Å². The van der Waals surface area contributed by atoms with Crippen molar-refractivity contribution in [2.75, 3.05) is 6.54 Å². The minimum atomic E-state index is -3.44. The summed E-state index contributed by atoms with van der Waals surface area (Å²) in [5.74, 6) is -0.853. The van der Waals surface area contributed by atoms with E-state index in [9.17, 15) is 13.2 Å². The maximum atomic E-state index is 12.6. The third-order valence-electron chi connectivity index (χ3n) is 3.90. The topological polar surface area (TPSA) is 74.7 Å². The second kappa shape index (κ2) is 6.58. The van der Waals surface area contributed by atoms with Gasteiger partial charge in [-0.1, -0.05) is 18.6 Å². The highest BCUT2D eigenvalue weighted by Gasteiger charge is 2.30. The van der Waals surface area contributed by atoms with Crippen molar-refractivity contribution in [2.24, 2.45) is 0 Å². The lowest BCUT2D eigenvalue weighted by Crippen LogP contribution is -2.41. The number of piperidine rings is 1. The fourth-order valence-electron chi connectivity index (χ4n) is 2.64. The summed E-state index contributed by atoms with van der Waals surface area (Å²) in [4.78, 5) is 10.8. The fraction of sp³-hybridized carbons (Fsp3) is 0.533. The number of benzene rings is 1. The minimum Gasteiger partial charge on any atom is -0.481 e. The number of sulfonamides is 1. The van der Waals surface area contributed by atoms with E-state index in [4.69, 9.17) is 5.11 Å². The maximum absolute atomic E-state index is 12.6. The molecule has 0 amide bonds. The molecule has 1 heterocycles. The summed E-state index contributed by atoms with van der Waals surface area (Å²) in [6, 6.07) is 6.59. The van der Waals surface area contributed by atoms with Crippen LogP contribution in [0.2, 0.25) is 0 Å². The largest absolute Gasteiger partial charge is 0.481 e. The van der Waals surface area contributed by atoms with Gasteiger partial charge in [0.25, 0.3) is 0 Å². The molecule has 1 aliphatic heterocycles. The number of rotatable bonds is 5. The van der Waals surface area contributed by atoms with Crippen LogP contribution in [-0.4, -0.2) is 36.4 Å². The molecule has 1 N–H and O–H groups in total. The van der Waals surface area contributed by atoms with Gasteiger partial charge in [-0.15, -0.1) is 0 Å². The van der Waals surface area contributed by atoms with Gasteiger partial charge in [0.2, 0.25) is 10.0 Å². The summed E-state index contributed by atoms with van der Waals surface area (Å²) >= 11 is 0. The van der Waals surface area contributed by atoms with E-state index >= 15 is 0 Å². The summed E-state index contributed by atoms with van der Waals surface area (Å²) in [5.41, 5.74) is 0.836. The van der Waals surface area contributed by atoms with Crippen LogP contribution in [0.15, 0.2) is 29.2 Å². The zero-order valence-electron chi connectivity index (χ0n) is 12.2. The Balaban J connectivity index is 2.14. The third-order valence-corrected chi connectivity index (χ3v) is 5.93. The Morgan fingerprint density at radius 1 is 1.29 bits per heavy atom. The first-order valence-electron chi connectivity index (χ1n) is 7.24. The molecule has 116 valence electrons. The van der Waals surface area contributed by atoms with Crippen molar-refractivity contribution in [3.8, 4) is 0 Å². The van der Waals surface area contributed by atoms with Crippen molar-refractivity contribution >= 4 is 16.0 Å². The highest BCUT2D eigenvalue weighted by molar-refractivity contribution is 7.89. The van der Waals surface area contributed by atoms with Crippen molar-refractivity contribution in [1.29, 1.82) is 0 Å². The van der Waals surface area contributed by atoms with E-state index in [2.05, 4.69) is 0 Å². The smallest absolute Gasteiger partial charge is 0.303 e. The molecule has 1 atom stereocenters. The Morgan fingerprint density at radius 3 is 2.52 bits per heavy atom. The lowest BCUT2D eigenvalue weighted by molar-refractivity contribution is -0.136.